The van der Waals surface area contributed by atoms with E-state index in [0.29, 0.717) is 23.6 Å². The van der Waals surface area contributed by atoms with E-state index in [4.69, 9.17) is 4.74 Å². The van der Waals surface area contributed by atoms with Gasteiger partial charge < -0.3 is 9.30 Å². The Kier molecular flexibility index (Phi) is 6.21. The minimum Gasteiger partial charge on any atom is -0.494 e. The molecule has 0 atom stereocenters. The Hall–Kier alpha value is -1.89. The van der Waals surface area contributed by atoms with Crippen LogP contribution in [-0.4, -0.2) is 28.9 Å². The fraction of sp³-hybridized carbons (Fsp3) is 0.389. The van der Waals surface area contributed by atoms with Crippen LogP contribution in [-0.2, 0) is 6.54 Å². The predicted molar refractivity (Wildman–Crippen MR) is 92.6 cm³/mol. The molecule has 0 bridgehead atoms. The van der Waals surface area contributed by atoms with Gasteiger partial charge in [0, 0.05) is 21.8 Å². The number of hydrogen-bond donors (Lipinski definition) is 0. The maximum atomic E-state index is 12.6. The molecule has 0 radical (unpaired) electrons. The van der Waals surface area contributed by atoms with Gasteiger partial charge in [0.15, 0.2) is 5.78 Å². The van der Waals surface area contributed by atoms with E-state index in [-0.39, 0.29) is 11.5 Å². The Balaban J connectivity index is 2.04. The number of ketones is 1. The Labute approximate surface area is 149 Å². The summed E-state index contributed by atoms with van der Waals surface area (Å²) in [5.74, 6) is 0.749. The van der Waals surface area contributed by atoms with E-state index >= 15 is 0 Å². The molecular formula is C18H20F3NO2S. The summed E-state index contributed by atoms with van der Waals surface area (Å²) in [5, 5.41) is 0. The molecule has 0 spiro atoms. The SMILES string of the molecule is CCOc1ccc(SCC(=O)c2cc(C)n(CC(F)(F)F)c2C)cc1. The van der Waals surface area contributed by atoms with Gasteiger partial charge in [-0.25, -0.2) is 0 Å². The van der Waals surface area contributed by atoms with E-state index in [1.54, 1.807) is 13.8 Å². The molecule has 1 aromatic heterocycles. The molecule has 7 heteroatoms. The molecule has 0 N–H and O–H groups in total. The average molecular weight is 371 g/mol. The fourth-order valence-corrected chi connectivity index (χ4v) is 3.31. The number of nitrogens with zero attached hydrogens (tertiary/aromatic N) is 1. The summed E-state index contributed by atoms with van der Waals surface area (Å²) in [6.07, 6.45) is -4.31. The first-order valence-electron chi connectivity index (χ1n) is 7.83. The van der Waals surface area contributed by atoms with Crippen LogP contribution in [0, 0.1) is 13.8 Å². The number of aryl methyl sites for hydroxylation is 1. The van der Waals surface area contributed by atoms with E-state index in [9.17, 15) is 18.0 Å². The lowest BCUT2D eigenvalue weighted by atomic mass is 10.2. The van der Waals surface area contributed by atoms with Crippen LogP contribution >= 0.6 is 11.8 Å². The van der Waals surface area contributed by atoms with Crippen LogP contribution in [0.3, 0.4) is 0 Å². The van der Waals surface area contributed by atoms with Gasteiger partial charge >= 0.3 is 6.18 Å². The van der Waals surface area contributed by atoms with Crippen molar-refractivity contribution in [2.75, 3.05) is 12.4 Å². The number of benzene rings is 1. The Morgan fingerprint density at radius 3 is 2.40 bits per heavy atom. The van der Waals surface area contributed by atoms with Crippen LogP contribution in [0.2, 0.25) is 0 Å². The number of ether oxygens (including phenoxy) is 1. The van der Waals surface area contributed by atoms with Crippen molar-refractivity contribution < 1.29 is 22.7 Å². The molecule has 0 saturated heterocycles. The van der Waals surface area contributed by atoms with Crippen molar-refractivity contribution in [1.29, 1.82) is 0 Å². The van der Waals surface area contributed by atoms with E-state index in [1.165, 1.54) is 17.8 Å². The van der Waals surface area contributed by atoms with E-state index < -0.39 is 12.7 Å². The van der Waals surface area contributed by atoms with Gasteiger partial charge in [0.1, 0.15) is 12.3 Å². The summed E-state index contributed by atoms with van der Waals surface area (Å²) in [7, 11) is 0. The van der Waals surface area contributed by atoms with E-state index in [1.807, 2.05) is 31.2 Å². The lowest BCUT2D eigenvalue weighted by Gasteiger charge is -2.12. The second-order valence-corrected chi connectivity index (χ2v) is 6.65. The average Bonchev–Trinajstić information content (AvgIpc) is 2.81. The van der Waals surface area contributed by atoms with Crippen molar-refractivity contribution in [2.24, 2.45) is 0 Å². The minimum atomic E-state index is -4.31. The number of thioether (sulfide) groups is 1. The zero-order chi connectivity index (χ0) is 18.6. The Morgan fingerprint density at radius 1 is 1.20 bits per heavy atom. The highest BCUT2D eigenvalue weighted by Crippen LogP contribution is 2.26. The molecule has 25 heavy (non-hydrogen) atoms. The third kappa shape index (κ3) is 5.29. The van der Waals surface area contributed by atoms with E-state index in [0.717, 1.165) is 15.2 Å². The second kappa shape index (κ2) is 7.99. The van der Waals surface area contributed by atoms with Crippen molar-refractivity contribution in [3.8, 4) is 5.75 Å². The molecule has 2 rings (SSSR count). The lowest BCUT2D eigenvalue weighted by Crippen LogP contribution is -2.19. The maximum Gasteiger partial charge on any atom is 0.406 e. The highest BCUT2D eigenvalue weighted by atomic mass is 32.2. The fourth-order valence-electron chi connectivity index (χ4n) is 2.53. The number of aromatic nitrogens is 1. The molecule has 3 nitrogen and oxygen atoms in total. The summed E-state index contributed by atoms with van der Waals surface area (Å²) in [6, 6.07) is 8.89. The molecule has 0 aliphatic carbocycles. The zero-order valence-electron chi connectivity index (χ0n) is 14.3. The highest BCUT2D eigenvalue weighted by Gasteiger charge is 2.30. The summed E-state index contributed by atoms with van der Waals surface area (Å²) >= 11 is 1.35. The van der Waals surface area contributed by atoms with Crippen molar-refractivity contribution in [2.45, 2.75) is 38.4 Å². The molecule has 0 amide bonds. The summed E-state index contributed by atoms with van der Waals surface area (Å²) in [6.45, 7) is 4.53. The summed E-state index contributed by atoms with van der Waals surface area (Å²) in [4.78, 5) is 13.3. The molecular weight excluding hydrogens is 351 g/mol. The van der Waals surface area contributed by atoms with Gasteiger partial charge in [0.05, 0.1) is 12.4 Å². The smallest absolute Gasteiger partial charge is 0.406 e. The normalized spacial score (nSPS) is 11.6. The van der Waals surface area contributed by atoms with Crippen molar-refractivity contribution in [1.82, 2.24) is 4.57 Å². The molecule has 0 fully saturated rings. The van der Waals surface area contributed by atoms with Gasteiger partial charge in [0.2, 0.25) is 0 Å². The van der Waals surface area contributed by atoms with Gasteiger partial charge in [-0.2, -0.15) is 13.2 Å². The van der Waals surface area contributed by atoms with Crippen LogP contribution < -0.4 is 4.74 Å². The Bertz CT molecular complexity index is 736. The summed E-state index contributed by atoms with van der Waals surface area (Å²) < 4.78 is 44.4. The highest BCUT2D eigenvalue weighted by molar-refractivity contribution is 8.00. The van der Waals surface area contributed by atoms with E-state index in [2.05, 4.69) is 0 Å². The summed E-state index contributed by atoms with van der Waals surface area (Å²) in [5.41, 5.74) is 1.14. The number of rotatable bonds is 7. The van der Waals surface area contributed by atoms with Gasteiger partial charge in [-0.3, -0.25) is 4.79 Å². The molecule has 2 aromatic rings. The van der Waals surface area contributed by atoms with Crippen LogP contribution in [0.15, 0.2) is 35.2 Å². The number of halogens is 3. The number of Topliss-reactive ketones (excluding diaryl/α,β-unsaturated/α-hetero) is 1. The van der Waals surface area contributed by atoms with Gasteiger partial charge in [-0.1, -0.05) is 0 Å². The van der Waals surface area contributed by atoms with Crippen molar-refractivity contribution in [3.05, 3.63) is 47.3 Å². The third-order valence-corrected chi connectivity index (χ3v) is 4.73. The quantitative estimate of drug-likeness (QED) is 0.505. The van der Waals surface area contributed by atoms with Gasteiger partial charge in [-0.15, -0.1) is 11.8 Å². The van der Waals surface area contributed by atoms with Crippen molar-refractivity contribution >= 4 is 17.5 Å². The van der Waals surface area contributed by atoms with Crippen LogP contribution in [0.5, 0.6) is 5.75 Å². The van der Waals surface area contributed by atoms with Gasteiger partial charge in [-0.05, 0) is 51.1 Å². The zero-order valence-corrected chi connectivity index (χ0v) is 15.1. The van der Waals surface area contributed by atoms with Crippen LogP contribution in [0.4, 0.5) is 13.2 Å². The topological polar surface area (TPSA) is 31.2 Å². The first-order chi connectivity index (χ1) is 11.7. The third-order valence-electron chi connectivity index (χ3n) is 3.72. The molecule has 0 aliphatic heterocycles. The predicted octanol–water partition coefficient (Wildman–Crippen LogP) is 5.04. The number of hydrogen-bond acceptors (Lipinski definition) is 3. The van der Waals surface area contributed by atoms with Crippen LogP contribution in [0.25, 0.3) is 0 Å². The maximum absolute atomic E-state index is 12.6. The molecule has 0 saturated carbocycles. The minimum absolute atomic E-state index is 0.171. The molecule has 136 valence electrons. The first-order valence-corrected chi connectivity index (χ1v) is 8.82. The standard InChI is InChI=1S/C18H20F3NO2S/c1-4-24-14-5-7-15(8-6-14)25-10-17(23)16-9-12(2)22(13(16)3)11-18(19,20)21/h5-9H,4,10-11H2,1-3H3. The number of alkyl halides is 3. The Morgan fingerprint density at radius 2 is 1.84 bits per heavy atom. The number of carbonyl (C=O) groups excluding carboxylic acids is 1. The van der Waals surface area contributed by atoms with Crippen LogP contribution in [0.1, 0.15) is 28.7 Å². The van der Waals surface area contributed by atoms with Crippen molar-refractivity contribution in [3.63, 3.8) is 0 Å². The largest absolute Gasteiger partial charge is 0.494 e. The molecule has 0 aliphatic rings. The molecule has 1 aromatic carbocycles. The molecule has 1 heterocycles. The van der Waals surface area contributed by atoms with Gasteiger partial charge in [0.25, 0.3) is 0 Å². The number of carbonyl (C=O) groups is 1. The molecule has 0 unspecified atom stereocenters. The first kappa shape index (κ1) is 19.4. The monoisotopic (exact) mass is 371 g/mol. The second-order valence-electron chi connectivity index (χ2n) is 5.60. The lowest BCUT2D eigenvalue weighted by molar-refractivity contribution is -0.141.